The highest BCUT2D eigenvalue weighted by atomic mass is 79.9. The van der Waals surface area contributed by atoms with E-state index >= 15 is 0 Å². The molecule has 0 fully saturated rings. The number of methoxy groups -OCH3 is 1. The van der Waals surface area contributed by atoms with Crippen molar-refractivity contribution in [2.75, 3.05) is 12.4 Å². The molecule has 0 aromatic carbocycles. The third-order valence-electron chi connectivity index (χ3n) is 1.27. The van der Waals surface area contributed by atoms with Gasteiger partial charge in [-0.05, 0) is 22.0 Å². The predicted octanol–water partition coefficient (Wildman–Crippen LogP) is 1.34. The van der Waals surface area contributed by atoms with Crippen molar-refractivity contribution in [3.8, 4) is 5.88 Å². The molecule has 0 aliphatic carbocycles. The first-order valence-corrected chi connectivity index (χ1v) is 4.18. The standard InChI is InChI=1S/C7H8BrN3O2/c1-13-6-5(11-7(9)12)2-4(8)3-10-6/h2-3H,1H3,(H3,9,11,12). The Morgan fingerprint density at radius 3 is 3.00 bits per heavy atom. The number of rotatable bonds is 2. The summed E-state index contributed by atoms with van der Waals surface area (Å²) >= 11 is 3.21. The molecule has 0 saturated heterocycles. The molecule has 0 atom stereocenters. The highest BCUT2D eigenvalue weighted by Crippen LogP contribution is 2.24. The van der Waals surface area contributed by atoms with Gasteiger partial charge in [0.05, 0.1) is 7.11 Å². The number of carbonyl (C=O) groups excluding carboxylic acids is 1. The van der Waals surface area contributed by atoms with Crippen molar-refractivity contribution < 1.29 is 9.53 Å². The van der Waals surface area contributed by atoms with E-state index in [-0.39, 0.29) is 0 Å². The van der Waals surface area contributed by atoms with Crippen LogP contribution in [0.25, 0.3) is 0 Å². The van der Waals surface area contributed by atoms with E-state index in [1.165, 1.54) is 7.11 Å². The molecule has 0 radical (unpaired) electrons. The van der Waals surface area contributed by atoms with Gasteiger partial charge in [0.1, 0.15) is 5.69 Å². The van der Waals surface area contributed by atoms with Gasteiger partial charge in [0.25, 0.3) is 0 Å². The lowest BCUT2D eigenvalue weighted by Gasteiger charge is -2.06. The second-order valence-electron chi connectivity index (χ2n) is 2.20. The van der Waals surface area contributed by atoms with Gasteiger partial charge < -0.3 is 15.8 Å². The van der Waals surface area contributed by atoms with Crippen LogP contribution in [-0.2, 0) is 0 Å². The fourth-order valence-electron chi connectivity index (χ4n) is 0.812. The molecule has 0 unspecified atom stereocenters. The summed E-state index contributed by atoms with van der Waals surface area (Å²) in [7, 11) is 1.46. The summed E-state index contributed by atoms with van der Waals surface area (Å²) in [5, 5.41) is 2.39. The summed E-state index contributed by atoms with van der Waals surface area (Å²) in [6.45, 7) is 0. The molecule has 0 aliphatic rings. The maximum atomic E-state index is 10.6. The van der Waals surface area contributed by atoms with Crippen LogP contribution in [0.3, 0.4) is 0 Å². The topological polar surface area (TPSA) is 77.2 Å². The Hall–Kier alpha value is -1.30. The fourth-order valence-corrected chi connectivity index (χ4v) is 1.14. The summed E-state index contributed by atoms with van der Waals surface area (Å²) in [5.74, 6) is 0.321. The number of nitrogens with zero attached hydrogens (tertiary/aromatic N) is 1. The Balaban J connectivity index is 3.01. The number of anilines is 1. The normalized spacial score (nSPS) is 9.38. The number of hydrogen-bond donors (Lipinski definition) is 2. The monoisotopic (exact) mass is 245 g/mol. The lowest BCUT2D eigenvalue weighted by atomic mass is 10.4. The van der Waals surface area contributed by atoms with Crippen LogP contribution < -0.4 is 15.8 Å². The van der Waals surface area contributed by atoms with Crippen molar-refractivity contribution >= 4 is 27.6 Å². The van der Waals surface area contributed by atoms with Gasteiger partial charge in [0.15, 0.2) is 0 Å². The summed E-state index contributed by atoms with van der Waals surface area (Å²) < 4.78 is 5.63. The molecular weight excluding hydrogens is 238 g/mol. The Bertz CT molecular complexity index is 330. The van der Waals surface area contributed by atoms with Crippen molar-refractivity contribution in [2.45, 2.75) is 0 Å². The molecule has 5 nitrogen and oxygen atoms in total. The van der Waals surface area contributed by atoms with Crippen LogP contribution in [-0.4, -0.2) is 18.1 Å². The number of urea groups is 1. The van der Waals surface area contributed by atoms with Crippen LogP contribution in [0.2, 0.25) is 0 Å². The SMILES string of the molecule is COc1ncc(Br)cc1NC(N)=O. The van der Waals surface area contributed by atoms with Gasteiger partial charge in [-0.25, -0.2) is 9.78 Å². The number of pyridine rings is 1. The van der Waals surface area contributed by atoms with E-state index in [4.69, 9.17) is 10.5 Å². The van der Waals surface area contributed by atoms with Gasteiger partial charge in [-0.3, -0.25) is 0 Å². The van der Waals surface area contributed by atoms with Crippen LogP contribution >= 0.6 is 15.9 Å². The van der Waals surface area contributed by atoms with E-state index in [2.05, 4.69) is 26.2 Å². The molecule has 0 aliphatic heterocycles. The van der Waals surface area contributed by atoms with Crippen molar-refractivity contribution in [1.82, 2.24) is 4.98 Å². The van der Waals surface area contributed by atoms with Gasteiger partial charge in [-0.1, -0.05) is 0 Å². The number of hydrogen-bond acceptors (Lipinski definition) is 3. The Labute approximate surface area is 83.4 Å². The third kappa shape index (κ3) is 2.59. The minimum Gasteiger partial charge on any atom is -0.480 e. The van der Waals surface area contributed by atoms with E-state index in [1.54, 1.807) is 12.3 Å². The van der Waals surface area contributed by atoms with E-state index in [1.807, 2.05) is 0 Å². The molecule has 1 aromatic rings. The number of carbonyl (C=O) groups is 1. The van der Waals surface area contributed by atoms with Crippen molar-refractivity contribution in [3.63, 3.8) is 0 Å². The molecule has 1 aromatic heterocycles. The zero-order valence-electron chi connectivity index (χ0n) is 6.87. The van der Waals surface area contributed by atoms with Crippen LogP contribution in [0.4, 0.5) is 10.5 Å². The van der Waals surface area contributed by atoms with Crippen LogP contribution in [0, 0.1) is 0 Å². The molecule has 2 amide bonds. The molecule has 13 heavy (non-hydrogen) atoms. The molecular formula is C7H8BrN3O2. The molecule has 0 bridgehead atoms. The van der Waals surface area contributed by atoms with Crippen molar-refractivity contribution in [2.24, 2.45) is 5.73 Å². The summed E-state index contributed by atoms with van der Waals surface area (Å²) in [5.41, 5.74) is 5.38. The summed E-state index contributed by atoms with van der Waals surface area (Å²) in [4.78, 5) is 14.5. The maximum Gasteiger partial charge on any atom is 0.316 e. The van der Waals surface area contributed by atoms with E-state index < -0.39 is 6.03 Å². The quantitative estimate of drug-likeness (QED) is 0.826. The first-order valence-electron chi connectivity index (χ1n) is 3.39. The largest absolute Gasteiger partial charge is 0.480 e. The molecule has 0 spiro atoms. The third-order valence-corrected chi connectivity index (χ3v) is 1.70. The lowest BCUT2D eigenvalue weighted by Crippen LogP contribution is -2.19. The van der Waals surface area contributed by atoms with Gasteiger partial charge in [0, 0.05) is 10.7 Å². The number of ether oxygens (including phenoxy) is 1. The van der Waals surface area contributed by atoms with Crippen LogP contribution in [0.5, 0.6) is 5.88 Å². The number of nitrogens with one attached hydrogen (secondary N) is 1. The minimum atomic E-state index is -0.654. The van der Waals surface area contributed by atoms with Crippen molar-refractivity contribution in [3.05, 3.63) is 16.7 Å². The number of nitrogens with two attached hydrogens (primary N) is 1. The Morgan fingerprint density at radius 1 is 1.77 bits per heavy atom. The molecule has 1 heterocycles. The van der Waals surface area contributed by atoms with Crippen LogP contribution in [0.15, 0.2) is 16.7 Å². The smallest absolute Gasteiger partial charge is 0.316 e. The van der Waals surface area contributed by atoms with E-state index in [0.717, 1.165) is 4.47 Å². The van der Waals surface area contributed by atoms with E-state index in [0.29, 0.717) is 11.6 Å². The number of aromatic nitrogens is 1. The highest BCUT2D eigenvalue weighted by Gasteiger charge is 2.06. The maximum absolute atomic E-state index is 10.6. The first kappa shape index (κ1) is 9.79. The number of halogens is 1. The Morgan fingerprint density at radius 2 is 2.46 bits per heavy atom. The highest BCUT2D eigenvalue weighted by molar-refractivity contribution is 9.10. The van der Waals surface area contributed by atoms with Gasteiger partial charge in [-0.2, -0.15) is 0 Å². The summed E-state index contributed by atoms with van der Waals surface area (Å²) in [6.07, 6.45) is 1.56. The van der Waals surface area contributed by atoms with Gasteiger partial charge >= 0.3 is 6.03 Å². The van der Waals surface area contributed by atoms with Gasteiger partial charge in [-0.15, -0.1) is 0 Å². The molecule has 3 N–H and O–H groups in total. The molecule has 70 valence electrons. The van der Waals surface area contributed by atoms with Crippen molar-refractivity contribution in [1.29, 1.82) is 0 Å². The van der Waals surface area contributed by atoms with Gasteiger partial charge in [0.2, 0.25) is 5.88 Å². The Kier molecular flexibility index (Phi) is 3.07. The lowest BCUT2D eigenvalue weighted by molar-refractivity contribution is 0.259. The number of amides is 2. The number of primary amides is 1. The molecule has 0 saturated carbocycles. The minimum absolute atomic E-state index is 0.321. The average molecular weight is 246 g/mol. The molecule has 6 heteroatoms. The van der Waals surface area contributed by atoms with E-state index in [9.17, 15) is 4.79 Å². The van der Waals surface area contributed by atoms with Crippen LogP contribution in [0.1, 0.15) is 0 Å². The second-order valence-corrected chi connectivity index (χ2v) is 3.12. The zero-order chi connectivity index (χ0) is 9.84. The fraction of sp³-hybridized carbons (Fsp3) is 0.143. The predicted molar refractivity (Wildman–Crippen MR) is 51.7 cm³/mol. The zero-order valence-corrected chi connectivity index (χ0v) is 8.46. The second kappa shape index (κ2) is 4.08. The first-order chi connectivity index (χ1) is 6.13. The summed E-state index contributed by atoms with van der Waals surface area (Å²) in [6, 6.07) is 0.995. The average Bonchev–Trinajstić information content (AvgIpc) is 2.03. The molecule has 1 rings (SSSR count).